The van der Waals surface area contributed by atoms with Crippen molar-refractivity contribution in [1.29, 1.82) is 0 Å². The highest BCUT2D eigenvalue weighted by molar-refractivity contribution is 7.99. The van der Waals surface area contributed by atoms with Crippen molar-refractivity contribution in [2.24, 2.45) is 0 Å². The predicted octanol–water partition coefficient (Wildman–Crippen LogP) is 5.10. The molecule has 1 heterocycles. The molecule has 4 rings (SSSR count). The van der Waals surface area contributed by atoms with Crippen molar-refractivity contribution < 1.29 is 22.7 Å². The number of aromatic nitrogens is 1. The Labute approximate surface area is 183 Å². The van der Waals surface area contributed by atoms with Gasteiger partial charge in [-0.1, -0.05) is 30.0 Å². The Morgan fingerprint density at radius 3 is 2.29 bits per heavy atom. The van der Waals surface area contributed by atoms with Crippen LogP contribution < -0.4 is 0 Å². The fraction of sp³-hybridized carbons (Fsp3) is 0.0870. The lowest BCUT2D eigenvalue weighted by molar-refractivity contribution is -0.136. The number of fused-ring (bicyclic) bond motifs is 1. The van der Waals surface area contributed by atoms with Gasteiger partial charge >= 0.3 is 5.97 Å². The van der Waals surface area contributed by atoms with Gasteiger partial charge < -0.3 is 5.11 Å². The van der Waals surface area contributed by atoms with Crippen molar-refractivity contribution in [3.63, 3.8) is 0 Å². The lowest BCUT2D eigenvalue weighted by Crippen LogP contribution is -2.15. The second-order valence-electron chi connectivity index (χ2n) is 6.95. The molecule has 0 bridgehead atoms. The minimum atomic E-state index is -4.02. The van der Waals surface area contributed by atoms with E-state index in [4.69, 9.17) is 0 Å². The molecule has 4 aromatic rings. The number of nitrogens with zero attached hydrogens (tertiary/aromatic N) is 1. The highest BCUT2D eigenvalue weighted by Crippen LogP contribution is 2.32. The molecule has 0 fully saturated rings. The van der Waals surface area contributed by atoms with Gasteiger partial charge in [0.15, 0.2) is 0 Å². The zero-order valence-electron chi connectivity index (χ0n) is 16.4. The molecule has 0 aliphatic carbocycles. The van der Waals surface area contributed by atoms with E-state index in [0.29, 0.717) is 0 Å². The number of rotatable bonds is 6. The third-order valence-electron chi connectivity index (χ3n) is 4.91. The number of benzene rings is 3. The third kappa shape index (κ3) is 4.08. The number of carboxylic acid groups (broad SMARTS) is 1. The van der Waals surface area contributed by atoms with Gasteiger partial charge in [-0.25, -0.2) is 16.8 Å². The summed E-state index contributed by atoms with van der Waals surface area (Å²) in [5.41, 5.74) is 0.783. The van der Waals surface area contributed by atoms with Gasteiger partial charge in [0, 0.05) is 20.9 Å². The molecule has 0 amide bonds. The Kier molecular flexibility index (Phi) is 5.60. The Balaban J connectivity index is 1.78. The first kappa shape index (κ1) is 21.1. The quantitative estimate of drug-likeness (QED) is 0.438. The number of carboxylic acids is 1. The van der Waals surface area contributed by atoms with Crippen LogP contribution in [0.15, 0.2) is 87.5 Å². The molecule has 0 spiro atoms. The summed E-state index contributed by atoms with van der Waals surface area (Å²) in [5, 5.41) is 9.52. The van der Waals surface area contributed by atoms with E-state index in [9.17, 15) is 22.7 Å². The lowest BCUT2D eigenvalue weighted by Gasteiger charge is -2.11. The number of aliphatic carboxylic acids is 1. The first-order valence-electron chi connectivity index (χ1n) is 9.37. The van der Waals surface area contributed by atoms with Crippen molar-refractivity contribution in [3.8, 4) is 0 Å². The number of hydrogen-bond donors (Lipinski definition) is 1. The largest absolute Gasteiger partial charge is 0.481 e. The number of carbonyl (C=O) groups is 1. The number of hydrogen-bond acceptors (Lipinski definition) is 4. The van der Waals surface area contributed by atoms with Gasteiger partial charge in [-0.15, -0.1) is 0 Å². The molecule has 0 aliphatic rings. The minimum absolute atomic E-state index is 0.0658. The highest BCUT2D eigenvalue weighted by Gasteiger charge is 2.26. The second-order valence-corrected chi connectivity index (χ2v) is 9.89. The molecule has 1 N–H and O–H groups in total. The van der Waals surface area contributed by atoms with Gasteiger partial charge in [-0.05, 0) is 67.1 Å². The molecule has 0 saturated heterocycles. The predicted molar refractivity (Wildman–Crippen MR) is 118 cm³/mol. The zero-order valence-corrected chi connectivity index (χ0v) is 18.1. The molecule has 0 aliphatic heterocycles. The lowest BCUT2D eigenvalue weighted by atomic mass is 10.1. The summed E-state index contributed by atoms with van der Waals surface area (Å²) in [5.74, 6) is -1.68. The molecule has 0 unspecified atom stereocenters. The summed E-state index contributed by atoms with van der Waals surface area (Å²) in [6.45, 7) is 1.54. The summed E-state index contributed by atoms with van der Waals surface area (Å²) in [4.78, 5) is 13.3. The second kappa shape index (κ2) is 8.20. The average molecular weight is 456 g/mol. The van der Waals surface area contributed by atoms with Crippen LogP contribution in [0.25, 0.3) is 10.9 Å². The van der Waals surface area contributed by atoms with Crippen LogP contribution in [0, 0.1) is 12.7 Å². The number of halogens is 1. The van der Waals surface area contributed by atoms with Gasteiger partial charge in [0.2, 0.25) is 0 Å². The smallest absolute Gasteiger partial charge is 0.307 e. The van der Waals surface area contributed by atoms with Crippen LogP contribution in [0.1, 0.15) is 11.3 Å². The summed E-state index contributed by atoms with van der Waals surface area (Å²) in [6, 6.07) is 19.9. The van der Waals surface area contributed by atoms with Crippen LogP contribution in [0.4, 0.5) is 4.39 Å². The van der Waals surface area contributed by atoms with Gasteiger partial charge in [0.05, 0.1) is 16.8 Å². The zero-order chi connectivity index (χ0) is 22.2. The van der Waals surface area contributed by atoms with Crippen LogP contribution >= 0.6 is 11.8 Å². The van der Waals surface area contributed by atoms with Crippen LogP contribution in [-0.4, -0.2) is 23.5 Å². The first-order chi connectivity index (χ1) is 14.8. The minimum Gasteiger partial charge on any atom is -0.481 e. The van der Waals surface area contributed by atoms with Gasteiger partial charge in [0.1, 0.15) is 5.82 Å². The molecular weight excluding hydrogens is 437 g/mol. The Hall–Kier alpha value is -3.10. The third-order valence-corrected chi connectivity index (χ3v) is 7.75. The maximum atomic E-state index is 13.8. The molecule has 0 radical (unpaired) electrons. The standard InChI is InChI=1S/C23H18FNO4S2/c1-15-20(14-23(26)27)21-13-16(24)7-12-22(21)25(15)31(28,29)19-10-8-18(9-11-19)30-17-5-3-2-4-6-17/h2-13H,14H2,1H3,(H,26,27). The van der Waals surface area contributed by atoms with Crippen LogP contribution in [-0.2, 0) is 21.2 Å². The molecule has 0 atom stereocenters. The monoisotopic (exact) mass is 455 g/mol. The van der Waals surface area contributed by atoms with E-state index in [1.807, 2.05) is 30.3 Å². The van der Waals surface area contributed by atoms with Gasteiger partial charge in [-0.3, -0.25) is 4.79 Å². The van der Waals surface area contributed by atoms with Crippen molar-refractivity contribution in [2.75, 3.05) is 0 Å². The van der Waals surface area contributed by atoms with E-state index in [0.717, 1.165) is 19.8 Å². The Morgan fingerprint density at radius 2 is 1.65 bits per heavy atom. The van der Waals surface area contributed by atoms with Crippen molar-refractivity contribution >= 4 is 38.7 Å². The van der Waals surface area contributed by atoms with E-state index >= 15 is 0 Å². The Bertz CT molecular complexity index is 1380. The van der Waals surface area contributed by atoms with Crippen molar-refractivity contribution in [1.82, 2.24) is 3.97 Å². The maximum absolute atomic E-state index is 13.8. The van der Waals surface area contributed by atoms with E-state index in [-0.39, 0.29) is 27.1 Å². The van der Waals surface area contributed by atoms with E-state index in [2.05, 4.69) is 0 Å². The normalized spacial score (nSPS) is 11.7. The fourth-order valence-corrected chi connectivity index (χ4v) is 5.94. The molecule has 5 nitrogen and oxygen atoms in total. The fourth-order valence-electron chi connectivity index (χ4n) is 3.52. The topological polar surface area (TPSA) is 76.4 Å². The SMILES string of the molecule is Cc1c(CC(=O)O)c2cc(F)ccc2n1S(=O)(=O)c1ccc(Sc2ccccc2)cc1. The van der Waals surface area contributed by atoms with Crippen molar-refractivity contribution in [2.45, 2.75) is 28.0 Å². The van der Waals surface area contributed by atoms with Crippen molar-refractivity contribution in [3.05, 3.63) is 89.9 Å². The van der Waals surface area contributed by atoms with Crippen LogP contribution in [0.3, 0.4) is 0 Å². The van der Waals surface area contributed by atoms with Gasteiger partial charge in [0.25, 0.3) is 10.0 Å². The Morgan fingerprint density at radius 1 is 1.00 bits per heavy atom. The van der Waals surface area contributed by atoms with Crippen LogP contribution in [0.5, 0.6) is 0 Å². The molecule has 3 aromatic carbocycles. The maximum Gasteiger partial charge on any atom is 0.307 e. The molecule has 31 heavy (non-hydrogen) atoms. The molecule has 8 heteroatoms. The van der Waals surface area contributed by atoms with Crippen LogP contribution in [0.2, 0.25) is 0 Å². The summed E-state index contributed by atoms with van der Waals surface area (Å²) in [7, 11) is -4.02. The highest BCUT2D eigenvalue weighted by atomic mass is 32.2. The summed E-state index contributed by atoms with van der Waals surface area (Å²) in [6.07, 6.45) is -0.402. The van der Waals surface area contributed by atoms with E-state index < -0.39 is 28.2 Å². The molecular formula is C23H18FNO4S2. The first-order valence-corrected chi connectivity index (χ1v) is 11.6. The molecule has 158 valence electrons. The molecule has 0 saturated carbocycles. The van der Waals surface area contributed by atoms with E-state index in [1.54, 1.807) is 12.1 Å². The summed E-state index contributed by atoms with van der Waals surface area (Å²) >= 11 is 1.51. The summed E-state index contributed by atoms with van der Waals surface area (Å²) < 4.78 is 41.8. The average Bonchev–Trinajstić information content (AvgIpc) is 3.00. The van der Waals surface area contributed by atoms with E-state index in [1.165, 1.54) is 43.0 Å². The molecule has 1 aromatic heterocycles. The van der Waals surface area contributed by atoms with Gasteiger partial charge in [-0.2, -0.15) is 0 Å².